The number of rotatable bonds is 4. The summed E-state index contributed by atoms with van der Waals surface area (Å²) in [6, 6.07) is 0. The molecule has 0 aliphatic carbocycles. The van der Waals surface area contributed by atoms with Gasteiger partial charge < -0.3 is 5.11 Å². The van der Waals surface area contributed by atoms with Crippen molar-refractivity contribution < 1.29 is 9.90 Å². The third-order valence-corrected chi connectivity index (χ3v) is 3.54. The molecule has 0 atom stereocenters. The Hall–Kier alpha value is -1.47. The minimum absolute atomic E-state index is 0.0605. The first-order valence-corrected chi connectivity index (χ1v) is 6.24. The fraction of sp³-hybridized carbons (Fsp3) is 0.222. The summed E-state index contributed by atoms with van der Waals surface area (Å²) in [6.45, 7) is 0.187. The molecule has 0 amide bonds. The van der Waals surface area contributed by atoms with Crippen LogP contribution in [0.5, 0.6) is 0 Å². The van der Waals surface area contributed by atoms with Crippen LogP contribution in [0.25, 0.3) is 10.7 Å². The van der Waals surface area contributed by atoms with Crippen LogP contribution in [0.3, 0.4) is 0 Å². The van der Waals surface area contributed by atoms with E-state index in [0.29, 0.717) is 5.69 Å². The number of carbonyl (C=O) groups is 1. The zero-order valence-corrected chi connectivity index (χ0v) is 9.75. The number of carboxylic acids is 1. The first-order chi connectivity index (χ1) is 7.68. The van der Waals surface area contributed by atoms with Crippen LogP contribution in [0.1, 0.15) is 6.42 Å². The normalized spacial score (nSPS) is 10.5. The predicted octanol–water partition coefficient (Wildman–Crippen LogP) is 1.51. The molecule has 0 unspecified atom stereocenters. The number of thiazole rings is 2. The lowest BCUT2D eigenvalue weighted by atomic mass is 10.4. The Kier molecular flexibility index (Phi) is 3.16. The molecule has 0 aromatic carbocycles. The Morgan fingerprint density at radius 1 is 1.50 bits per heavy atom. The second kappa shape index (κ2) is 4.58. The van der Waals surface area contributed by atoms with E-state index in [9.17, 15) is 9.59 Å². The lowest BCUT2D eigenvalue weighted by Gasteiger charge is -2.02. The van der Waals surface area contributed by atoms with E-state index in [-0.39, 0.29) is 17.8 Å². The van der Waals surface area contributed by atoms with Crippen LogP contribution in [0, 0.1) is 0 Å². The molecule has 0 saturated carbocycles. The van der Waals surface area contributed by atoms with Gasteiger partial charge in [-0.3, -0.25) is 14.2 Å². The maximum Gasteiger partial charge on any atom is 0.307 e. The maximum absolute atomic E-state index is 11.5. The molecule has 0 radical (unpaired) electrons. The Morgan fingerprint density at radius 2 is 2.31 bits per heavy atom. The van der Waals surface area contributed by atoms with Crippen LogP contribution >= 0.6 is 22.7 Å². The Bertz CT molecular complexity index is 541. The number of aliphatic carboxylic acids is 1. The highest BCUT2D eigenvalue weighted by Gasteiger charge is 2.11. The second-order valence-electron chi connectivity index (χ2n) is 3.02. The third kappa shape index (κ3) is 2.20. The Balaban J connectivity index is 2.33. The van der Waals surface area contributed by atoms with E-state index in [4.69, 9.17) is 5.11 Å². The fourth-order valence-corrected chi connectivity index (χ4v) is 2.77. The molecule has 16 heavy (non-hydrogen) atoms. The monoisotopic (exact) mass is 256 g/mol. The van der Waals surface area contributed by atoms with E-state index in [2.05, 4.69) is 4.98 Å². The first kappa shape index (κ1) is 11.0. The van der Waals surface area contributed by atoms with Crippen molar-refractivity contribution in [3.63, 3.8) is 0 Å². The number of hydrogen-bond donors (Lipinski definition) is 1. The number of carboxylic acid groups (broad SMARTS) is 1. The SMILES string of the molecule is O=C(O)CCn1c(-c2nccs2)csc1=O. The van der Waals surface area contributed by atoms with Crippen LogP contribution < -0.4 is 4.87 Å². The smallest absolute Gasteiger partial charge is 0.307 e. The molecular weight excluding hydrogens is 248 g/mol. The zero-order valence-electron chi connectivity index (χ0n) is 8.12. The minimum atomic E-state index is -0.914. The van der Waals surface area contributed by atoms with Gasteiger partial charge >= 0.3 is 10.8 Å². The molecule has 2 heterocycles. The summed E-state index contributed by atoms with van der Waals surface area (Å²) < 4.78 is 1.46. The molecule has 2 rings (SSSR count). The van der Waals surface area contributed by atoms with Crippen molar-refractivity contribution in [1.29, 1.82) is 0 Å². The summed E-state index contributed by atoms with van der Waals surface area (Å²) in [5, 5.41) is 12.9. The standard InChI is InChI=1S/C9H8N2O3S2/c12-7(13)1-3-11-6(5-16-9(11)14)8-10-2-4-15-8/h2,4-5H,1,3H2,(H,12,13). The molecule has 0 aliphatic heterocycles. The highest BCUT2D eigenvalue weighted by Crippen LogP contribution is 2.22. The molecule has 2 aromatic heterocycles. The van der Waals surface area contributed by atoms with Gasteiger partial charge in [0.25, 0.3) is 0 Å². The highest BCUT2D eigenvalue weighted by atomic mass is 32.1. The Morgan fingerprint density at radius 3 is 2.94 bits per heavy atom. The molecule has 5 nitrogen and oxygen atoms in total. The molecule has 7 heteroatoms. The number of nitrogens with zero attached hydrogens (tertiary/aromatic N) is 2. The van der Waals surface area contributed by atoms with E-state index in [1.807, 2.05) is 5.38 Å². The van der Waals surface area contributed by atoms with E-state index in [1.54, 1.807) is 11.6 Å². The van der Waals surface area contributed by atoms with Crippen LogP contribution in [-0.2, 0) is 11.3 Å². The number of hydrogen-bond acceptors (Lipinski definition) is 5. The van der Waals surface area contributed by atoms with Crippen molar-refractivity contribution in [2.75, 3.05) is 0 Å². The van der Waals surface area contributed by atoms with E-state index in [1.165, 1.54) is 15.9 Å². The summed E-state index contributed by atoms with van der Waals surface area (Å²) in [4.78, 5) is 26.0. The summed E-state index contributed by atoms with van der Waals surface area (Å²) in [7, 11) is 0. The van der Waals surface area contributed by atoms with Gasteiger partial charge in [0, 0.05) is 23.5 Å². The lowest BCUT2D eigenvalue weighted by molar-refractivity contribution is -0.137. The van der Waals surface area contributed by atoms with Gasteiger partial charge in [0.15, 0.2) is 0 Å². The van der Waals surface area contributed by atoms with Gasteiger partial charge in [-0.1, -0.05) is 11.3 Å². The summed E-state index contributed by atoms with van der Waals surface area (Å²) >= 11 is 2.49. The van der Waals surface area contributed by atoms with Crippen molar-refractivity contribution in [2.45, 2.75) is 13.0 Å². The molecular formula is C9H8N2O3S2. The molecule has 84 valence electrons. The average Bonchev–Trinajstić information content (AvgIpc) is 2.83. The zero-order chi connectivity index (χ0) is 11.5. The Labute approximate surface area is 98.6 Å². The highest BCUT2D eigenvalue weighted by molar-refractivity contribution is 7.13. The molecule has 1 N–H and O–H groups in total. The quantitative estimate of drug-likeness (QED) is 0.900. The lowest BCUT2D eigenvalue weighted by Crippen LogP contribution is -2.16. The third-order valence-electron chi connectivity index (χ3n) is 1.98. The van der Waals surface area contributed by atoms with E-state index < -0.39 is 5.97 Å². The maximum atomic E-state index is 11.5. The van der Waals surface area contributed by atoms with Gasteiger partial charge in [0.05, 0.1) is 12.1 Å². The molecule has 0 fully saturated rings. The first-order valence-electron chi connectivity index (χ1n) is 4.48. The fourth-order valence-electron chi connectivity index (χ4n) is 1.27. The van der Waals surface area contributed by atoms with E-state index in [0.717, 1.165) is 16.3 Å². The number of aromatic nitrogens is 2. The van der Waals surface area contributed by atoms with Crippen LogP contribution in [0.2, 0.25) is 0 Å². The molecule has 0 spiro atoms. The predicted molar refractivity (Wildman–Crippen MR) is 61.9 cm³/mol. The summed E-state index contributed by atoms with van der Waals surface area (Å²) in [5.41, 5.74) is 0.700. The topological polar surface area (TPSA) is 72.2 Å². The molecule has 0 aliphatic rings. The molecule has 0 bridgehead atoms. The summed E-state index contributed by atoms with van der Waals surface area (Å²) in [5.74, 6) is -0.914. The van der Waals surface area contributed by atoms with Gasteiger partial charge in [-0.15, -0.1) is 11.3 Å². The van der Waals surface area contributed by atoms with Gasteiger partial charge in [-0.05, 0) is 0 Å². The van der Waals surface area contributed by atoms with Crippen LogP contribution in [0.15, 0.2) is 21.8 Å². The second-order valence-corrected chi connectivity index (χ2v) is 4.73. The average molecular weight is 256 g/mol. The van der Waals surface area contributed by atoms with Crippen molar-refractivity contribution in [3.8, 4) is 10.7 Å². The van der Waals surface area contributed by atoms with Crippen molar-refractivity contribution in [3.05, 3.63) is 26.6 Å². The van der Waals surface area contributed by atoms with Crippen LogP contribution in [0.4, 0.5) is 0 Å². The van der Waals surface area contributed by atoms with Gasteiger partial charge in [-0.2, -0.15) is 0 Å². The molecule has 0 saturated heterocycles. The van der Waals surface area contributed by atoms with Crippen molar-refractivity contribution in [2.24, 2.45) is 0 Å². The van der Waals surface area contributed by atoms with Gasteiger partial charge in [0.2, 0.25) is 0 Å². The van der Waals surface area contributed by atoms with E-state index >= 15 is 0 Å². The van der Waals surface area contributed by atoms with Crippen molar-refractivity contribution in [1.82, 2.24) is 9.55 Å². The largest absolute Gasteiger partial charge is 0.481 e. The van der Waals surface area contributed by atoms with Gasteiger partial charge in [0.1, 0.15) is 5.01 Å². The van der Waals surface area contributed by atoms with Crippen LogP contribution in [-0.4, -0.2) is 20.6 Å². The molecule has 2 aromatic rings. The summed E-state index contributed by atoms with van der Waals surface area (Å²) in [6.07, 6.45) is 1.60. The van der Waals surface area contributed by atoms with Crippen molar-refractivity contribution >= 4 is 28.6 Å². The minimum Gasteiger partial charge on any atom is -0.481 e. The van der Waals surface area contributed by atoms with Gasteiger partial charge in [-0.25, -0.2) is 4.98 Å².